The Bertz CT molecular complexity index is 1520. The minimum absolute atomic E-state index is 0.142. The summed E-state index contributed by atoms with van der Waals surface area (Å²) in [6, 6.07) is 8.67. The van der Waals surface area contributed by atoms with Crippen LogP contribution in [0.3, 0.4) is 0 Å². The minimum atomic E-state index is -4.78. The Labute approximate surface area is 209 Å². The second-order valence-corrected chi connectivity index (χ2v) is 9.14. The first-order chi connectivity index (χ1) is 17.6. The molecule has 4 aromatic rings. The van der Waals surface area contributed by atoms with Gasteiger partial charge in [-0.05, 0) is 80.1 Å². The monoisotopic (exact) mass is 511 g/mol. The highest BCUT2D eigenvalue weighted by Crippen LogP contribution is 2.33. The van der Waals surface area contributed by atoms with Gasteiger partial charge in [0.15, 0.2) is 5.65 Å². The molecule has 0 unspecified atom stereocenters. The number of hydrogen-bond acceptors (Lipinski definition) is 5. The van der Waals surface area contributed by atoms with E-state index in [1.165, 1.54) is 12.1 Å². The molecule has 0 aliphatic carbocycles. The van der Waals surface area contributed by atoms with E-state index in [4.69, 9.17) is 0 Å². The SMILES string of the molecule is Cc1cc(-c2nc3nccc(C4CCN(C(=O)c5ccc(OC(F)(F)F)cc5)CC4)c3[nH]2)c(=O)[nH]c1C. The van der Waals surface area contributed by atoms with Crippen molar-refractivity contribution in [2.24, 2.45) is 0 Å². The predicted octanol–water partition coefficient (Wildman–Crippen LogP) is 4.85. The fraction of sp³-hybridized carbons (Fsp3) is 0.308. The van der Waals surface area contributed by atoms with Crippen molar-refractivity contribution < 1.29 is 22.7 Å². The maximum absolute atomic E-state index is 12.9. The number of ether oxygens (including phenoxy) is 1. The van der Waals surface area contributed by atoms with Crippen LogP contribution in [0.4, 0.5) is 13.2 Å². The van der Waals surface area contributed by atoms with Crippen LogP contribution < -0.4 is 10.3 Å². The van der Waals surface area contributed by atoms with Gasteiger partial charge in [-0.3, -0.25) is 9.59 Å². The molecule has 3 aromatic heterocycles. The number of fused-ring (bicyclic) bond motifs is 1. The summed E-state index contributed by atoms with van der Waals surface area (Å²) >= 11 is 0. The molecule has 2 N–H and O–H groups in total. The molecule has 1 aromatic carbocycles. The maximum atomic E-state index is 12.9. The van der Waals surface area contributed by atoms with Gasteiger partial charge in [-0.25, -0.2) is 9.97 Å². The van der Waals surface area contributed by atoms with Crippen LogP contribution in [0.2, 0.25) is 0 Å². The lowest BCUT2D eigenvalue weighted by Gasteiger charge is -2.32. The zero-order chi connectivity index (χ0) is 26.3. The number of likely N-dealkylation sites (tertiary alicyclic amines) is 1. The molecule has 0 saturated carbocycles. The normalized spacial score (nSPS) is 14.8. The lowest BCUT2D eigenvalue weighted by Crippen LogP contribution is -2.38. The molecule has 4 heterocycles. The summed E-state index contributed by atoms with van der Waals surface area (Å²) in [5.41, 5.74) is 4.57. The number of alkyl halides is 3. The maximum Gasteiger partial charge on any atom is 0.573 e. The quantitative estimate of drug-likeness (QED) is 0.408. The molecule has 11 heteroatoms. The Morgan fingerprint density at radius 3 is 2.46 bits per heavy atom. The van der Waals surface area contributed by atoms with Crippen molar-refractivity contribution in [2.75, 3.05) is 13.1 Å². The van der Waals surface area contributed by atoms with Gasteiger partial charge in [0.2, 0.25) is 0 Å². The highest BCUT2D eigenvalue weighted by atomic mass is 19.4. The summed E-state index contributed by atoms with van der Waals surface area (Å²) < 4.78 is 41.0. The van der Waals surface area contributed by atoms with Gasteiger partial charge in [-0.1, -0.05) is 0 Å². The minimum Gasteiger partial charge on any atom is -0.406 e. The third-order valence-electron chi connectivity index (χ3n) is 6.73. The van der Waals surface area contributed by atoms with E-state index in [9.17, 15) is 22.8 Å². The van der Waals surface area contributed by atoms with Crippen LogP contribution in [-0.4, -0.2) is 50.2 Å². The summed E-state index contributed by atoms with van der Waals surface area (Å²) in [6.07, 6.45) is -1.71. The number of nitrogens with zero attached hydrogens (tertiary/aromatic N) is 3. The van der Waals surface area contributed by atoms with Gasteiger partial charge >= 0.3 is 6.36 Å². The van der Waals surface area contributed by atoms with Crippen LogP contribution in [0.5, 0.6) is 5.75 Å². The second-order valence-electron chi connectivity index (χ2n) is 9.14. The van der Waals surface area contributed by atoms with E-state index in [-0.39, 0.29) is 23.1 Å². The number of pyridine rings is 2. The summed E-state index contributed by atoms with van der Waals surface area (Å²) in [5.74, 6) is -0.0193. The molecular weight excluding hydrogens is 487 g/mol. The van der Waals surface area contributed by atoms with Gasteiger partial charge in [0.05, 0.1) is 11.1 Å². The van der Waals surface area contributed by atoms with Crippen LogP contribution in [0.1, 0.15) is 45.9 Å². The fourth-order valence-corrected chi connectivity index (χ4v) is 4.68. The molecule has 0 radical (unpaired) electrons. The molecule has 37 heavy (non-hydrogen) atoms. The van der Waals surface area contributed by atoms with Crippen molar-refractivity contribution in [3.8, 4) is 17.1 Å². The van der Waals surface area contributed by atoms with Crippen LogP contribution in [0, 0.1) is 13.8 Å². The first-order valence-electron chi connectivity index (χ1n) is 11.8. The Morgan fingerprint density at radius 1 is 1.08 bits per heavy atom. The van der Waals surface area contributed by atoms with E-state index >= 15 is 0 Å². The number of piperidine rings is 1. The van der Waals surface area contributed by atoms with E-state index in [0.717, 1.165) is 34.5 Å². The number of halogens is 3. The van der Waals surface area contributed by atoms with Crippen molar-refractivity contribution in [3.05, 3.63) is 75.3 Å². The number of carbonyl (C=O) groups excluding carboxylic acids is 1. The lowest BCUT2D eigenvalue weighted by molar-refractivity contribution is -0.274. The molecule has 1 saturated heterocycles. The largest absolute Gasteiger partial charge is 0.573 e. The molecule has 1 fully saturated rings. The molecular formula is C26H24F3N5O3. The Hall–Kier alpha value is -4.15. The number of benzene rings is 1. The van der Waals surface area contributed by atoms with Crippen molar-refractivity contribution in [2.45, 2.75) is 39.0 Å². The average Bonchev–Trinajstić information content (AvgIpc) is 3.30. The molecule has 1 amide bonds. The smallest absolute Gasteiger partial charge is 0.406 e. The number of imidazole rings is 1. The number of carbonyl (C=O) groups is 1. The number of amides is 1. The summed E-state index contributed by atoms with van der Waals surface area (Å²) in [6.45, 7) is 4.74. The molecule has 5 rings (SSSR count). The average molecular weight is 512 g/mol. The Kier molecular flexibility index (Phi) is 6.22. The van der Waals surface area contributed by atoms with Gasteiger partial charge in [0.1, 0.15) is 11.6 Å². The molecule has 1 aliphatic heterocycles. The summed E-state index contributed by atoms with van der Waals surface area (Å²) in [4.78, 5) is 42.2. The highest BCUT2D eigenvalue weighted by Gasteiger charge is 2.31. The van der Waals surface area contributed by atoms with E-state index in [1.807, 2.05) is 19.9 Å². The first kappa shape index (κ1) is 24.5. The number of H-pyrrole nitrogens is 2. The van der Waals surface area contributed by atoms with Gasteiger partial charge in [0, 0.05) is 30.5 Å². The van der Waals surface area contributed by atoms with Gasteiger partial charge in [0.25, 0.3) is 11.5 Å². The van der Waals surface area contributed by atoms with Gasteiger partial charge in [-0.15, -0.1) is 13.2 Å². The zero-order valence-corrected chi connectivity index (χ0v) is 20.1. The molecule has 1 aliphatic rings. The molecule has 192 valence electrons. The fourth-order valence-electron chi connectivity index (χ4n) is 4.68. The molecule has 0 bridgehead atoms. The third kappa shape index (κ3) is 5.07. The number of nitrogens with one attached hydrogen (secondary N) is 2. The van der Waals surface area contributed by atoms with Crippen molar-refractivity contribution in [1.82, 2.24) is 24.8 Å². The van der Waals surface area contributed by atoms with Crippen molar-refractivity contribution >= 4 is 17.1 Å². The number of aromatic nitrogens is 4. The van der Waals surface area contributed by atoms with E-state index in [2.05, 4.69) is 24.7 Å². The van der Waals surface area contributed by atoms with Gasteiger partial charge < -0.3 is 19.6 Å². The van der Waals surface area contributed by atoms with Crippen molar-refractivity contribution in [1.29, 1.82) is 0 Å². The van der Waals surface area contributed by atoms with Crippen LogP contribution in [0.25, 0.3) is 22.6 Å². The second kappa shape index (κ2) is 9.38. The van der Waals surface area contributed by atoms with E-state index in [0.29, 0.717) is 48.5 Å². The molecule has 0 spiro atoms. The van der Waals surface area contributed by atoms with E-state index < -0.39 is 6.36 Å². The first-order valence-corrected chi connectivity index (χ1v) is 11.8. The molecule has 0 atom stereocenters. The third-order valence-corrected chi connectivity index (χ3v) is 6.73. The molecule has 8 nitrogen and oxygen atoms in total. The number of aromatic amines is 2. The van der Waals surface area contributed by atoms with Crippen LogP contribution in [0.15, 0.2) is 47.4 Å². The summed E-state index contributed by atoms with van der Waals surface area (Å²) in [5, 5.41) is 0. The predicted molar refractivity (Wildman–Crippen MR) is 130 cm³/mol. The number of rotatable bonds is 4. The Morgan fingerprint density at radius 2 is 1.78 bits per heavy atom. The zero-order valence-electron chi connectivity index (χ0n) is 20.1. The van der Waals surface area contributed by atoms with E-state index in [1.54, 1.807) is 17.2 Å². The summed E-state index contributed by atoms with van der Waals surface area (Å²) in [7, 11) is 0. The topological polar surface area (TPSA) is 104 Å². The highest BCUT2D eigenvalue weighted by molar-refractivity contribution is 5.94. The van der Waals surface area contributed by atoms with Crippen molar-refractivity contribution in [3.63, 3.8) is 0 Å². The lowest BCUT2D eigenvalue weighted by atomic mass is 9.89. The van der Waals surface area contributed by atoms with Crippen LogP contribution >= 0.6 is 0 Å². The Balaban J connectivity index is 1.31. The number of hydrogen-bond donors (Lipinski definition) is 2. The number of aryl methyl sites for hydroxylation is 2. The van der Waals surface area contributed by atoms with Crippen LogP contribution in [-0.2, 0) is 0 Å². The standard InChI is InChI=1S/C26H24F3N5O3/c1-14-13-20(24(35)31-15(14)2)22-32-21-19(7-10-30-23(21)33-22)16-8-11-34(12-9-16)25(36)17-3-5-18(6-4-17)37-26(27,28)29/h3-7,10,13,16H,8-9,11-12H2,1-2H3,(H,31,35)(H,30,32,33). The van der Waals surface area contributed by atoms with Gasteiger partial charge in [-0.2, -0.15) is 0 Å².